The Morgan fingerprint density at radius 1 is 1.32 bits per heavy atom. The molecular formula is C16H25NO2. The first-order valence-corrected chi connectivity index (χ1v) is 7.42. The van der Waals surface area contributed by atoms with E-state index in [-0.39, 0.29) is 0 Å². The molecule has 0 aromatic heterocycles. The molecule has 1 N–H and O–H groups in total. The Labute approximate surface area is 116 Å². The average molecular weight is 263 g/mol. The summed E-state index contributed by atoms with van der Waals surface area (Å²) in [5.74, 6) is 0.969. The van der Waals surface area contributed by atoms with Crippen LogP contribution in [-0.4, -0.2) is 32.4 Å². The molecule has 1 aliphatic rings. The van der Waals surface area contributed by atoms with E-state index in [0.717, 1.165) is 44.9 Å². The van der Waals surface area contributed by atoms with E-state index < -0.39 is 0 Å². The van der Waals surface area contributed by atoms with Gasteiger partial charge in [0.1, 0.15) is 5.75 Å². The van der Waals surface area contributed by atoms with Gasteiger partial charge in [-0.2, -0.15) is 0 Å². The molecule has 1 fully saturated rings. The summed E-state index contributed by atoms with van der Waals surface area (Å²) in [6.45, 7) is 5.83. The highest BCUT2D eigenvalue weighted by atomic mass is 16.5. The van der Waals surface area contributed by atoms with Crippen molar-refractivity contribution >= 4 is 0 Å². The highest BCUT2D eigenvalue weighted by molar-refractivity contribution is 5.27. The third-order valence-corrected chi connectivity index (χ3v) is 3.49. The SMILES string of the molecule is CCc1ccc(OCCCNCC2CCCO2)cc1. The minimum Gasteiger partial charge on any atom is -0.494 e. The third-order valence-electron chi connectivity index (χ3n) is 3.49. The van der Waals surface area contributed by atoms with Crippen LogP contribution in [-0.2, 0) is 11.2 Å². The molecule has 19 heavy (non-hydrogen) atoms. The molecule has 3 heteroatoms. The molecule has 1 saturated heterocycles. The van der Waals surface area contributed by atoms with Crippen LogP contribution >= 0.6 is 0 Å². The normalized spacial score (nSPS) is 18.7. The van der Waals surface area contributed by atoms with Crippen LogP contribution in [0.5, 0.6) is 5.75 Å². The van der Waals surface area contributed by atoms with E-state index in [1.165, 1.54) is 18.4 Å². The maximum atomic E-state index is 5.71. The van der Waals surface area contributed by atoms with Crippen LogP contribution in [0.1, 0.15) is 31.7 Å². The molecular weight excluding hydrogens is 238 g/mol. The minimum absolute atomic E-state index is 0.433. The zero-order valence-electron chi connectivity index (χ0n) is 11.9. The Kier molecular flexibility index (Phi) is 6.18. The van der Waals surface area contributed by atoms with Gasteiger partial charge in [0.2, 0.25) is 0 Å². The van der Waals surface area contributed by atoms with Crippen molar-refractivity contribution < 1.29 is 9.47 Å². The fourth-order valence-corrected chi connectivity index (χ4v) is 2.28. The van der Waals surface area contributed by atoms with Crippen LogP contribution in [0.15, 0.2) is 24.3 Å². The van der Waals surface area contributed by atoms with Crippen LogP contribution in [0.2, 0.25) is 0 Å². The van der Waals surface area contributed by atoms with Crippen molar-refractivity contribution in [2.75, 3.05) is 26.3 Å². The second-order valence-electron chi connectivity index (χ2n) is 5.04. The summed E-state index contributed by atoms with van der Waals surface area (Å²) < 4.78 is 11.3. The first-order valence-electron chi connectivity index (χ1n) is 7.42. The molecule has 1 unspecified atom stereocenters. The Morgan fingerprint density at radius 2 is 2.16 bits per heavy atom. The van der Waals surface area contributed by atoms with E-state index in [1.54, 1.807) is 0 Å². The zero-order chi connectivity index (χ0) is 13.3. The van der Waals surface area contributed by atoms with E-state index >= 15 is 0 Å². The second-order valence-corrected chi connectivity index (χ2v) is 5.04. The Bertz CT molecular complexity index is 344. The van der Waals surface area contributed by atoms with E-state index in [1.807, 2.05) is 0 Å². The number of nitrogens with one attached hydrogen (secondary N) is 1. The van der Waals surface area contributed by atoms with Gasteiger partial charge in [-0.3, -0.25) is 0 Å². The third kappa shape index (κ3) is 5.21. The highest BCUT2D eigenvalue weighted by Crippen LogP contribution is 2.13. The summed E-state index contributed by atoms with van der Waals surface area (Å²) in [6.07, 6.45) is 4.95. The van der Waals surface area contributed by atoms with Gasteiger partial charge in [-0.15, -0.1) is 0 Å². The molecule has 106 valence electrons. The monoisotopic (exact) mass is 263 g/mol. The van der Waals surface area contributed by atoms with Crippen molar-refractivity contribution in [3.05, 3.63) is 29.8 Å². The fourth-order valence-electron chi connectivity index (χ4n) is 2.28. The summed E-state index contributed by atoms with van der Waals surface area (Å²) in [4.78, 5) is 0. The summed E-state index contributed by atoms with van der Waals surface area (Å²) in [6, 6.07) is 8.37. The van der Waals surface area contributed by atoms with E-state index in [0.29, 0.717) is 6.10 Å². The van der Waals surface area contributed by atoms with Gasteiger partial charge in [-0.25, -0.2) is 0 Å². The Morgan fingerprint density at radius 3 is 2.84 bits per heavy atom. The molecule has 1 aliphatic heterocycles. The Hall–Kier alpha value is -1.06. The maximum absolute atomic E-state index is 5.71. The van der Waals surface area contributed by atoms with Crippen molar-refractivity contribution in [1.82, 2.24) is 5.32 Å². The number of hydrogen-bond acceptors (Lipinski definition) is 3. The molecule has 1 heterocycles. The number of benzene rings is 1. The van der Waals surface area contributed by atoms with Gasteiger partial charge in [0.15, 0.2) is 0 Å². The minimum atomic E-state index is 0.433. The average Bonchev–Trinajstić information content (AvgIpc) is 2.96. The molecule has 2 rings (SSSR count). The Balaban J connectivity index is 1.51. The van der Waals surface area contributed by atoms with Gasteiger partial charge in [0, 0.05) is 13.2 Å². The number of aryl methyl sites for hydroxylation is 1. The lowest BCUT2D eigenvalue weighted by Gasteiger charge is -2.11. The van der Waals surface area contributed by atoms with Crippen molar-refractivity contribution in [3.8, 4) is 5.75 Å². The second kappa shape index (κ2) is 8.18. The standard InChI is InChI=1S/C16H25NO2/c1-2-14-6-8-15(9-7-14)18-12-4-10-17-13-16-5-3-11-19-16/h6-9,16-17H,2-5,10-13H2,1H3. The van der Waals surface area contributed by atoms with Gasteiger partial charge >= 0.3 is 0 Å². The van der Waals surface area contributed by atoms with Crippen LogP contribution in [0.4, 0.5) is 0 Å². The molecule has 0 radical (unpaired) electrons. The molecule has 0 spiro atoms. The molecule has 0 saturated carbocycles. The van der Waals surface area contributed by atoms with E-state index in [2.05, 4.69) is 36.5 Å². The summed E-state index contributed by atoms with van der Waals surface area (Å²) in [5.41, 5.74) is 1.35. The van der Waals surface area contributed by atoms with Crippen molar-refractivity contribution in [3.63, 3.8) is 0 Å². The summed E-state index contributed by atoms with van der Waals surface area (Å²) in [7, 11) is 0. The van der Waals surface area contributed by atoms with Crippen LogP contribution < -0.4 is 10.1 Å². The van der Waals surface area contributed by atoms with Crippen LogP contribution in [0, 0.1) is 0 Å². The lowest BCUT2D eigenvalue weighted by molar-refractivity contribution is 0.110. The van der Waals surface area contributed by atoms with Gasteiger partial charge in [-0.1, -0.05) is 19.1 Å². The van der Waals surface area contributed by atoms with Gasteiger partial charge in [0.25, 0.3) is 0 Å². The van der Waals surface area contributed by atoms with Gasteiger partial charge < -0.3 is 14.8 Å². The summed E-state index contributed by atoms with van der Waals surface area (Å²) >= 11 is 0. The van der Waals surface area contributed by atoms with Crippen molar-refractivity contribution in [1.29, 1.82) is 0 Å². The summed E-state index contributed by atoms with van der Waals surface area (Å²) in [5, 5.41) is 3.43. The quantitative estimate of drug-likeness (QED) is 0.732. The van der Waals surface area contributed by atoms with Crippen LogP contribution in [0.25, 0.3) is 0 Å². The first kappa shape index (κ1) is 14.4. The van der Waals surface area contributed by atoms with Crippen molar-refractivity contribution in [2.45, 2.75) is 38.7 Å². The topological polar surface area (TPSA) is 30.5 Å². The largest absolute Gasteiger partial charge is 0.494 e. The van der Waals surface area contributed by atoms with E-state index in [9.17, 15) is 0 Å². The molecule has 1 aromatic rings. The number of hydrogen-bond donors (Lipinski definition) is 1. The van der Waals surface area contributed by atoms with Gasteiger partial charge in [0.05, 0.1) is 12.7 Å². The zero-order valence-corrected chi connectivity index (χ0v) is 11.9. The maximum Gasteiger partial charge on any atom is 0.119 e. The molecule has 1 atom stereocenters. The predicted molar refractivity (Wildman–Crippen MR) is 77.8 cm³/mol. The predicted octanol–water partition coefficient (Wildman–Crippen LogP) is 2.79. The van der Waals surface area contributed by atoms with Crippen LogP contribution in [0.3, 0.4) is 0 Å². The van der Waals surface area contributed by atoms with E-state index in [4.69, 9.17) is 9.47 Å². The molecule has 0 amide bonds. The lowest BCUT2D eigenvalue weighted by Crippen LogP contribution is -2.27. The molecule has 1 aromatic carbocycles. The van der Waals surface area contributed by atoms with Crippen molar-refractivity contribution in [2.24, 2.45) is 0 Å². The first-order chi connectivity index (χ1) is 9.38. The number of ether oxygens (including phenoxy) is 2. The lowest BCUT2D eigenvalue weighted by atomic mass is 10.2. The highest BCUT2D eigenvalue weighted by Gasteiger charge is 2.13. The fraction of sp³-hybridized carbons (Fsp3) is 0.625. The smallest absolute Gasteiger partial charge is 0.119 e. The molecule has 0 aliphatic carbocycles. The molecule has 3 nitrogen and oxygen atoms in total. The molecule has 0 bridgehead atoms. The van der Waals surface area contributed by atoms with Gasteiger partial charge in [-0.05, 0) is 49.9 Å². The number of rotatable bonds is 8.